The van der Waals surface area contributed by atoms with Crippen molar-refractivity contribution in [1.82, 2.24) is 5.32 Å². The molecule has 0 radical (unpaired) electrons. The van der Waals surface area contributed by atoms with Gasteiger partial charge in [0.05, 0.1) is 32.5 Å². The number of methoxy groups -OCH3 is 1. The van der Waals surface area contributed by atoms with Gasteiger partial charge in [-0.1, -0.05) is 55.5 Å². The topological polar surface area (TPSA) is 115 Å². The number of anilines is 1. The molecule has 1 fully saturated rings. The number of benzene rings is 3. The van der Waals surface area contributed by atoms with Crippen LogP contribution in [0.1, 0.15) is 42.9 Å². The third kappa shape index (κ3) is 8.23. The number of aliphatic hydroxyl groups excluding tert-OH is 1. The van der Waals surface area contributed by atoms with Gasteiger partial charge >= 0.3 is 12.0 Å². The van der Waals surface area contributed by atoms with E-state index in [2.05, 4.69) is 17.6 Å². The number of thioether (sulfide) groups is 1. The summed E-state index contributed by atoms with van der Waals surface area (Å²) in [5, 5.41) is 14.7. The third-order valence-electron chi connectivity index (χ3n) is 6.71. The lowest BCUT2D eigenvalue weighted by Crippen LogP contribution is -2.38. The molecule has 3 aromatic carbocycles. The average Bonchev–Trinajstić information content (AvgIpc) is 3.00. The second kappa shape index (κ2) is 14.9. The minimum atomic E-state index is -0.693. The fourth-order valence-electron chi connectivity index (χ4n) is 4.52. The van der Waals surface area contributed by atoms with E-state index in [1.54, 1.807) is 37.9 Å². The van der Waals surface area contributed by atoms with Gasteiger partial charge in [-0.15, -0.1) is 11.8 Å². The summed E-state index contributed by atoms with van der Waals surface area (Å²) in [6.07, 6.45) is -1.13. The van der Waals surface area contributed by atoms with Crippen molar-refractivity contribution < 1.29 is 33.6 Å². The van der Waals surface area contributed by atoms with E-state index in [9.17, 15) is 14.7 Å². The van der Waals surface area contributed by atoms with Gasteiger partial charge in [0, 0.05) is 27.8 Å². The number of rotatable bonds is 11. The van der Waals surface area contributed by atoms with E-state index in [-0.39, 0.29) is 37.9 Å². The molecule has 0 unspecified atom stereocenters. The highest BCUT2D eigenvalue weighted by molar-refractivity contribution is 7.99. The number of esters is 1. The minimum Gasteiger partial charge on any atom is -0.496 e. The van der Waals surface area contributed by atoms with Crippen molar-refractivity contribution in [2.45, 2.75) is 43.8 Å². The van der Waals surface area contributed by atoms with Crippen LogP contribution in [0.15, 0.2) is 77.7 Å². The highest BCUT2D eigenvalue weighted by Gasteiger charge is 2.38. The van der Waals surface area contributed by atoms with E-state index in [0.29, 0.717) is 11.4 Å². The van der Waals surface area contributed by atoms with E-state index in [0.717, 1.165) is 27.3 Å². The molecule has 10 heteroatoms. The zero-order valence-electron chi connectivity index (χ0n) is 23.4. The van der Waals surface area contributed by atoms with Crippen LogP contribution in [-0.4, -0.2) is 49.2 Å². The highest BCUT2D eigenvalue weighted by Crippen LogP contribution is 2.44. The Kier molecular flexibility index (Phi) is 11.0. The van der Waals surface area contributed by atoms with E-state index in [1.807, 2.05) is 60.7 Å². The van der Waals surface area contributed by atoms with Gasteiger partial charge in [0.15, 0.2) is 6.29 Å². The summed E-state index contributed by atoms with van der Waals surface area (Å²) in [5.41, 5.74) is 3.08. The Balaban J connectivity index is 1.53. The first-order valence-electron chi connectivity index (χ1n) is 13.5. The molecule has 41 heavy (non-hydrogen) atoms. The average molecular weight is 581 g/mol. The molecule has 4 rings (SSSR count). The molecule has 0 aromatic heterocycles. The smallest absolute Gasteiger partial charge is 0.325 e. The summed E-state index contributed by atoms with van der Waals surface area (Å²) < 4.78 is 23.4. The molecule has 0 aliphatic carbocycles. The molecule has 0 saturated carbocycles. The summed E-state index contributed by atoms with van der Waals surface area (Å²) in [4.78, 5) is 24.9. The van der Waals surface area contributed by atoms with Crippen LogP contribution in [0.4, 0.5) is 10.5 Å². The molecule has 218 valence electrons. The quantitative estimate of drug-likeness (QED) is 0.202. The van der Waals surface area contributed by atoms with Gasteiger partial charge in [0.25, 0.3) is 0 Å². The van der Waals surface area contributed by atoms with Crippen LogP contribution in [0.25, 0.3) is 0 Å². The highest BCUT2D eigenvalue weighted by atomic mass is 32.2. The van der Waals surface area contributed by atoms with Crippen LogP contribution in [0.5, 0.6) is 5.75 Å². The largest absolute Gasteiger partial charge is 0.496 e. The first-order chi connectivity index (χ1) is 19.9. The lowest BCUT2D eigenvalue weighted by atomic mass is 9.91. The Labute approximate surface area is 244 Å². The molecule has 3 aromatic rings. The monoisotopic (exact) mass is 580 g/mol. The van der Waals surface area contributed by atoms with Gasteiger partial charge in [-0.3, -0.25) is 4.79 Å². The lowest BCUT2D eigenvalue weighted by molar-refractivity contribution is -0.268. The molecular formula is C31H36N2O7S. The van der Waals surface area contributed by atoms with Crippen molar-refractivity contribution in [1.29, 1.82) is 0 Å². The first kappa shape index (κ1) is 30.4. The number of amides is 2. The number of aliphatic hydroxyl groups is 1. The number of urea groups is 1. The predicted octanol–water partition coefficient (Wildman–Crippen LogP) is 5.46. The summed E-state index contributed by atoms with van der Waals surface area (Å²) in [7, 11) is 1.66. The Morgan fingerprint density at radius 2 is 1.78 bits per heavy atom. The van der Waals surface area contributed by atoms with Crippen molar-refractivity contribution in [2.75, 3.05) is 31.3 Å². The van der Waals surface area contributed by atoms with Crippen LogP contribution in [0.2, 0.25) is 0 Å². The zero-order valence-corrected chi connectivity index (χ0v) is 24.2. The molecule has 2 amide bonds. The number of carbonyl (C=O) groups excluding carboxylic acids is 2. The number of carbonyl (C=O) groups is 2. The predicted molar refractivity (Wildman–Crippen MR) is 157 cm³/mol. The maximum Gasteiger partial charge on any atom is 0.325 e. The molecule has 1 aliphatic heterocycles. The van der Waals surface area contributed by atoms with Crippen molar-refractivity contribution in [3.05, 3.63) is 89.5 Å². The molecule has 0 spiro atoms. The number of hydrogen-bond acceptors (Lipinski definition) is 8. The first-order valence-corrected chi connectivity index (χ1v) is 14.5. The Bertz CT molecular complexity index is 1300. The summed E-state index contributed by atoms with van der Waals surface area (Å²) >= 11 is 1.66. The fourth-order valence-corrected chi connectivity index (χ4v) is 5.72. The maximum atomic E-state index is 12.3. The van der Waals surface area contributed by atoms with Crippen molar-refractivity contribution >= 4 is 29.4 Å². The Hall–Kier alpha value is -3.57. The Morgan fingerprint density at radius 1 is 1.00 bits per heavy atom. The Morgan fingerprint density at radius 3 is 2.51 bits per heavy atom. The fraction of sp³-hybridized carbons (Fsp3) is 0.355. The standard InChI is InChI=1S/C31H36N2O7S/c1-4-38-28(35)17-32-31(36)33-24-9-7-8-23(16-24)30-39-26(19-41-27-11-6-5-10-25(27)37-3)20(2)29(40-30)22-14-12-21(18-34)13-15-22/h5-16,20,26,29-30,34H,4,17-19H2,1-3H3,(H2,32,33,36)/t20-,26+,29+,30+/m0/s1. The molecule has 1 heterocycles. The summed E-state index contributed by atoms with van der Waals surface area (Å²) in [5.74, 6) is 0.985. The maximum absolute atomic E-state index is 12.3. The van der Waals surface area contributed by atoms with Crippen LogP contribution in [0, 0.1) is 5.92 Å². The summed E-state index contributed by atoms with van der Waals surface area (Å²) in [6.45, 7) is 3.80. The van der Waals surface area contributed by atoms with Crippen LogP contribution >= 0.6 is 11.8 Å². The van der Waals surface area contributed by atoms with E-state index in [4.69, 9.17) is 18.9 Å². The number of hydrogen-bond donors (Lipinski definition) is 3. The van der Waals surface area contributed by atoms with E-state index < -0.39 is 18.3 Å². The molecule has 9 nitrogen and oxygen atoms in total. The summed E-state index contributed by atoms with van der Waals surface area (Å²) in [6, 6.07) is 22.3. The van der Waals surface area contributed by atoms with E-state index in [1.165, 1.54) is 0 Å². The molecule has 1 saturated heterocycles. The normalized spacial score (nSPS) is 20.2. The molecular weight excluding hydrogens is 544 g/mol. The second-order valence-corrected chi connectivity index (χ2v) is 10.6. The zero-order chi connectivity index (χ0) is 29.2. The van der Waals surface area contributed by atoms with Crippen LogP contribution < -0.4 is 15.4 Å². The molecule has 0 bridgehead atoms. The molecule has 1 aliphatic rings. The van der Waals surface area contributed by atoms with Gasteiger partial charge in [0.1, 0.15) is 12.3 Å². The number of nitrogens with one attached hydrogen (secondary N) is 2. The van der Waals surface area contributed by atoms with Gasteiger partial charge in [-0.25, -0.2) is 4.79 Å². The number of para-hydroxylation sites is 1. The van der Waals surface area contributed by atoms with Gasteiger partial charge in [0.2, 0.25) is 0 Å². The third-order valence-corrected chi connectivity index (χ3v) is 7.85. The van der Waals surface area contributed by atoms with Gasteiger partial charge < -0.3 is 34.7 Å². The van der Waals surface area contributed by atoms with Gasteiger partial charge in [-0.05, 0) is 42.3 Å². The molecule has 3 N–H and O–H groups in total. The minimum absolute atomic E-state index is 0.0170. The van der Waals surface area contributed by atoms with Crippen molar-refractivity contribution in [2.24, 2.45) is 5.92 Å². The SMILES string of the molecule is CCOC(=O)CNC(=O)Nc1cccc([C@@H]2O[C@H](CSc3ccccc3OC)[C@H](C)[C@H](c3ccc(CO)cc3)O2)c1. The molecule has 4 atom stereocenters. The van der Waals surface area contributed by atoms with Crippen LogP contribution in [-0.2, 0) is 25.6 Å². The van der Waals surface area contributed by atoms with Crippen LogP contribution in [0.3, 0.4) is 0 Å². The van der Waals surface area contributed by atoms with Crippen molar-refractivity contribution in [3.8, 4) is 5.75 Å². The van der Waals surface area contributed by atoms with Gasteiger partial charge in [-0.2, -0.15) is 0 Å². The van der Waals surface area contributed by atoms with Crippen molar-refractivity contribution in [3.63, 3.8) is 0 Å². The van der Waals surface area contributed by atoms with E-state index >= 15 is 0 Å². The lowest BCUT2D eigenvalue weighted by Gasteiger charge is -2.41. The second-order valence-electron chi connectivity index (χ2n) is 9.52. The number of ether oxygens (including phenoxy) is 4.